The van der Waals surface area contributed by atoms with Crippen molar-refractivity contribution in [1.29, 1.82) is 0 Å². The van der Waals surface area contributed by atoms with Crippen molar-refractivity contribution in [2.45, 2.75) is 5.41 Å². The van der Waals surface area contributed by atoms with Gasteiger partial charge in [0.1, 0.15) is 11.2 Å². The van der Waals surface area contributed by atoms with Crippen LogP contribution in [0, 0.1) is 0 Å². The van der Waals surface area contributed by atoms with Crippen molar-refractivity contribution >= 4 is 43.7 Å². The Morgan fingerprint density at radius 3 is 1.75 bits per heavy atom. The van der Waals surface area contributed by atoms with E-state index in [1.807, 2.05) is 60.7 Å². The lowest BCUT2D eigenvalue weighted by Gasteiger charge is -2.34. The third kappa shape index (κ3) is 5.27. The van der Waals surface area contributed by atoms with E-state index < -0.39 is 5.41 Å². The molecule has 9 aromatic carbocycles. The second-order valence-electron chi connectivity index (χ2n) is 16.3. The molecule has 13 rings (SSSR count). The van der Waals surface area contributed by atoms with Gasteiger partial charge in [-0.05, 0) is 75.8 Å². The number of hydrogen-bond acceptors (Lipinski definition) is 4. The van der Waals surface area contributed by atoms with Gasteiger partial charge in [-0.15, -0.1) is 0 Å². The van der Waals surface area contributed by atoms with Crippen LogP contribution in [-0.4, -0.2) is 19.5 Å². The molecule has 0 bridgehead atoms. The summed E-state index contributed by atoms with van der Waals surface area (Å²) in [6, 6.07) is 77.6. The number of aromatic nitrogens is 4. The highest BCUT2D eigenvalue weighted by Crippen LogP contribution is 2.57. The van der Waals surface area contributed by atoms with E-state index in [9.17, 15) is 0 Å². The van der Waals surface area contributed by atoms with E-state index in [2.05, 4.69) is 162 Å². The van der Waals surface area contributed by atoms with Gasteiger partial charge >= 0.3 is 0 Å². The van der Waals surface area contributed by atoms with Crippen molar-refractivity contribution in [3.8, 4) is 51.0 Å². The molecule has 0 saturated heterocycles. The number of hydrogen-bond donors (Lipinski definition) is 0. The second kappa shape index (κ2) is 13.8. The van der Waals surface area contributed by atoms with Crippen LogP contribution in [0.3, 0.4) is 0 Å². The van der Waals surface area contributed by atoms with Gasteiger partial charge in [-0.3, -0.25) is 0 Å². The molecule has 1 aliphatic carbocycles. The molecule has 0 spiro atoms. The highest BCUT2D eigenvalue weighted by Gasteiger charge is 2.46. The lowest BCUT2D eigenvalue weighted by molar-refractivity contribution is 0.669. The lowest BCUT2D eigenvalue weighted by atomic mass is 9.67. The topological polar surface area (TPSA) is 56.7 Å². The van der Waals surface area contributed by atoms with Crippen LogP contribution < -0.4 is 0 Å². The van der Waals surface area contributed by atoms with Gasteiger partial charge in [0.05, 0.1) is 16.4 Å². The maximum absolute atomic E-state index is 6.31. The average molecular weight is 805 g/mol. The predicted molar refractivity (Wildman–Crippen MR) is 255 cm³/mol. The van der Waals surface area contributed by atoms with E-state index in [-0.39, 0.29) is 0 Å². The third-order valence-corrected chi connectivity index (χ3v) is 12.9. The standard InChI is InChI=1S/C58H36N4O/c1-4-18-37(19-5-1)55-59-56(61-57(60-55)45-29-17-33-53-54(45)44-28-12-15-32-52(44)63-53)38-20-16-25-41(34-38)62-50-31-14-11-27-43(50)47-35-46-42-26-10-13-30-48(42)58(49(46)36-51(47)62,39-21-6-2-7-22-39)40-23-8-3-9-24-40/h1-36H. The number of furan rings is 1. The summed E-state index contributed by atoms with van der Waals surface area (Å²) in [6.07, 6.45) is 0. The Morgan fingerprint density at radius 2 is 0.952 bits per heavy atom. The highest BCUT2D eigenvalue weighted by molar-refractivity contribution is 6.13. The first-order valence-electron chi connectivity index (χ1n) is 21.4. The first-order chi connectivity index (χ1) is 31.2. The minimum atomic E-state index is -0.524. The van der Waals surface area contributed by atoms with Crippen molar-refractivity contribution in [3.05, 3.63) is 241 Å². The summed E-state index contributed by atoms with van der Waals surface area (Å²) >= 11 is 0. The zero-order valence-electron chi connectivity index (χ0n) is 34.0. The first-order valence-corrected chi connectivity index (χ1v) is 21.4. The van der Waals surface area contributed by atoms with Crippen molar-refractivity contribution < 1.29 is 4.42 Å². The smallest absolute Gasteiger partial charge is 0.164 e. The summed E-state index contributed by atoms with van der Waals surface area (Å²) in [7, 11) is 0. The van der Waals surface area contributed by atoms with Crippen LogP contribution in [-0.2, 0) is 5.41 Å². The maximum Gasteiger partial charge on any atom is 0.164 e. The molecule has 1 aliphatic rings. The predicted octanol–water partition coefficient (Wildman–Crippen LogP) is 14.2. The van der Waals surface area contributed by atoms with Gasteiger partial charge in [-0.2, -0.15) is 0 Å². The fourth-order valence-corrected chi connectivity index (χ4v) is 10.3. The molecule has 0 fully saturated rings. The minimum absolute atomic E-state index is 0.524. The molecule has 294 valence electrons. The Hall–Kier alpha value is -8.41. The lowest BCUT2D eigenvalue weighted by Crippen LogP contribution is -2.28. The fraction of sp³-hybridized carbons (Fsp3) is 0.0172. The van der Waals surface area contributed by atoms with Crippen molar-refractivity contribution in [3.63, 3.8) is 0 Å². The summed E-state index contributed by atoms with van der Waals surface area (Å²) < 4.78 is 8.72. The molecule has 0 atom stereocenters. The van der Waals surface area contributed by atoms with Crippen LogP contribution in [0.5, 0.6) is 0 Å². The van der Waals surface area contributed by atoms with Gasteiger partial charge in [0.2, 0.25) is 0 Å². The van der Waals surface area contributed by atoms with Crippen LogP contribution in [0.25, 0.3) is 94.7 Å². The summed E-state index contributed by atoms with van der Waals surface area (Å²) in [4.78, 5) is 15.6. The molecule has 0 amide bonds. The molecular weight excluding hydrogens is 769 g/mol. The van der Waals surface area contributed by atoms with Gasteiger partial charge in [0.25, 0.3) is 0 Å². The second-order valence-corrected chi connectivity index (χ2v) is 16.3. The van der Waals surface area contributed by atoms with E-state index in [4.69, 9.17) is 19.4 Å². The first kappa shape index (κ1) is 35.4. The molecule has 3 aromatic heterocycles. The third-order valence-electron chi connectivity index (χ3n) is 12.9. The van der Waals surface area contributed by atoms with Crippen LogP contribution in [0.2, 0.25) is 0 Å². The van der Waals surface area contributed by atoms with Gasteiger partial charge in [-0.1, -0.05) is 176 Å². The van der Waals surface area contributed by atoms with E-state index in [1.165, 1.54) is 44.2 Å². The van der Waals surface area contributed by atoms with Gasteiger partial charge in [0.15, 0.2) is 17.5 Å². The minimum Gasteiger partial charge on any atom is -0.456 e. The molecule has 0 radical (unpaired) electrons. The Morgan fingerprint density at radius 1 is 0.365 bits per heavy atom. The number of benzene rings is 9. The van der Waals surface area contributed by atoms with Crippen LogP contribution >= 0.6 is 0 Å². The SMILES string of the molecule is c1ccc(-c2nc(-c3cccc(-n4c5ccccc5c5cc6c(cc54)C(c4ccccc4)(c4ccccc4)c4ccccc4-6)c3)nc(-c3cccc4oc5ccccc5c34)n2)cc1. The van der Waals surface area contributed by atoms with Crippen LogP contribution in [0.4, 0.5) is 0 Å². The van der Waals surface area contributed by atoms with Crippen LogP contribution in [0.1, 0.15) is 22.3 Å². The van der Waals surface area contributed by atoms with E-state index >= 15 is 0 Å². The molecule has 0 N–H and O–H groups in total. The summed E-state index contributed by atoms with van der Waals surface area (Å²) in [6.45, 7) is 0. The Labute approximate surface area is 363 Å². The zero-order chi connectivity index (χ0) is 41.5. The molecule has 0 unspecified atom stereocenters. The monoisotopic (exact) mass is 804 g/mol. The van der Waals surface area contributed by atoms with E-state index in [1.54, 1.807) is 0 Å². The van der Waals surface area contributed by atoms with Crippen molar-refractivity contribution in [2.75, 3.05) is 0 Å². The number of nitrogens with zero attached hydrogens (tertiary/aromatic N) is 4. The Bertz CT molecular complexity index is 3700. The fourth-order valence-electron chi connectivity index (χ4n) is 10.3. The van der Waals surface area contributed by atoms with Crippen molar-refractivity contribution in [1.82, 2.24) is 19.5 Å². The largest absolute Gasteiger partial charge is 0.456 e. The van der Waals surface area contributed by atoms with E-state index in [0.29, 0.717) is 17.5 Å². The summed E-state index contributed by atoms with van der Waals surface area (Å²) in [5.41, 5.74) is 14.7. The quantitative estimate of drug-likeness (QED) is 0.168. The maximum atomic E-state index is 6.31. The Kier molecular flexibility index (Phi) is 7.75. The summed E-state index contributed by atoms with van der Waals surface area (Å²) in [5.74, 6) is 1.79. The molecular formula is C58H36N4O. The molecule has 0 saturated carbocycles. The molecule has 5 heteroatoms. The Balaban J connectivity index is 1.05. The average Bonchev–Trinajstić information content (AvgIpc) is 4.00. The van der Waals surface area contributed by atoms with Gasteiger partial charge < -0.3 is 8.98 Å². The highest BCUT2D eigenvalue weighted by atomic mass is 16.3. The number of rotatable bonds is 6. The van der Waals surface area contributed by atoms with Crippen LogP contribution in [0.15, 0.2) is 223 Å². The van der Waals surface area contributed by atoms with Gasteiger partial charge in [-0.25, -0.2) is 15.0 Å². The molecule has 63 heavy (non-hydrogen) atoms. The normalized spacial score (nSPS) is 12.9. The number of para-hydroxylation sites is 2. The number of fused-ring (bicyclic) bond motifs is 9. The zero-order valence-corrected chi connectivity index (χ0v) is 34.0. The molecule has 12 aromatic rings. The summed E-state index contributed by atoms with van der Waals surface area (Å²) in [5, 5.41) is 4.41. The molecule has 5 nitrogen and oxygen atoms in total. The van der Waals surface area contributed by atoms with E-state index in [0.717, 1.165) is 55.3 Å². The van der Waals surface area contributed by atoms with Crippen molar-refractivity contribution in [2.24, 2.45) is 0 Å². The van der Waals surface area contributed by atoms with Gasteiger partial charge in [0, 0.05) is 43.9 Å². The molecule has 0 aliphatic heterocycles. The molecule has 3 heterocycles.